The molecule has 0 heteroatoms. The highest BCUT2D eigenvalue weighted by Gasteiger charge is 2.21. The molecule has 29 heavy (non-hydrogen) atoms. The molecule has 0 amide bonds. The van der Waals surface area contributed by atoms with E-state index in [0.29, 0.717) is 0 Å². The van der Waals surface area contributed by atoms with Gasteiger partial charge in [-0.1, -0.05) is 115 Å². The molecule has 4 aromatic carbocycles. The molecule has 4 aromatic rings. The molecule has 1 aliphatic carbocycles. The van der Waals surface area contributed by atoms with E-state index in [1.165, 1.54) is 44.5 Å². The Bertz CT molecular complexity index is 1140. The van der Waals surface area contributed by atoms with E-state index >= 15 is 0 Å². The quantitative estimate of drug-likeness (QED) is 0.357. The molecule has 0 unspecified atom stereocenters. The van der Waals surface area contributed by atoms with E-state index in [9.17, 15) is 0 Å². The maximum atomic E-state index is 2.40. The lowest BCUT2D eigenvalue weighted by Crippen LogP contribution is -1.91. The highest BCUT2D eigenvalue weighted by molar-refractivity contribution is 5.92. The van der Waals surface area contributed by atoms with Crippen LogP contribution < -0.4 is 0 Å². The van der Waals surface area contributed by atoms with Crippen LogP contribution in [0.5, 0.6) is 0 Å². The summed E-state index contributed by atoms with van der Waals surface area (Å²) in [5, 5.41) is 0. The number of fused-ring (bicyclic) bond motifs is 1. The van der Waals surface area contributed by atoms with E-state index in [1.54, 1.807) is 0 Å². The van der Waals surface area contributed by atoms with Crippen LogP contribution in [0.4, 0.5) is 0 Å². The van der Waals surface area contributed by atoms with Gasteiger partial charge in [-0.3, -0.25) is 0 Å². The second kappa shape index (κ2) is 7.77. The van der Waals surface area contributed by atoms with Gasteiger partial charge in [0.1, 0.15) is 0 Å². The Balaban J connectivity index is 1.74. The van der Waals surface area contributed by atoms with E-state index < -0.39 is 0 Å². The van der Waals surface area contributed by atoms with E-state index in [0.717, 1.165) is 6.42 Å². The van der Waals surface area contributed by atoms with Crippen molar-refractivity contribution in [1.82, 2.24) is 0 Å². The van der Waals surface area contributed by atoms with Gasteiger partial charge in [0.05, 0.1) is 0 Å². The Morgan fingerprint density at radius 3 is 1.69 bits per heavy atom. The molecular formula is C29H22. The lowest BCUT2D eigenvalue weighted by molar-refractivity contribution is 1.25. The van der Waals surface area contributed by atoms with Gasteiger partial charge in [0.2, 0.25) is 0 Å². The second-order valence-electron chi connectivity index (χ2n) is 7.39. The first-order valence-corrected chi connectivity index (χ1v) is 10.1. The smallest absolute Gasteiger partial charge is 0.00130 e. The maximum absolute atomic E-state index is 2.40. The summed E-state index contributed by atoms with van der Waals surface area (Å²) < 4.78 is 0. The Morgan fingerprint density at radius 1 is 0.552 bits per heavy atom. The zero-order chi connectivity index (χ0) is 19.5. The van der Waals surface area contributed by atoms with Gasteiger partial charge in [0.25, 0.3) is 0 Å². The summed E-state index contributed by atoms with van der Waals surface area (Å²) >= 11 is 0. The minimum absolute atomic E-state index is 0.962. The first-order chi connectivity index (χ1) is 14.4. The minimum Gasteiger partial charge on any atom is -0.0622 e. The monoisotopic (exact) mass is 370 g/mol. The largest absolute Gasteiger partial charge is 0.0622 e. The SMILES string of the molecule is C(=C(c1ccccc1)c1ccccc1)C1=C(c2ccccc2)c2ccccc2C1. The highest BCUT2D eigenvalue weighted by Crippen LogP contribution is 2.39. The molecule has 0 aromatic heterocycles. The summed E-state index contributed by atoms with van der Waals surface area (Å²) in [6, 6.07) is 41.0. The Kier molecular flexibility index (Phi) is 4.68. The molecule has 0 saturated carbocycles. The third kappa shape index (κ3) is 3.46. The zero-order valence-electron chi connectivity index (χ0n) is 16.3. The molecule has 138 valence electrons. The lowest BCUT2D eigenvalue weighted by Gasteiger charge is -2.11. The lowest BCUT2D eigenvalue weighted by atomic mass is 9.92. The molecule has 1 aliphatic rings. The molecule has 0 heterocycles. The van der Waals surface area contributed by atoms with Crippen LogP contribution in [0.15, 0.2) is 127 Å². The summed E-state index contributed by atoms with van der Waals surface area (Å²) in [5.74, 6) is 0. The van der Waals surface area contributed by atoms with E-state index in [-0.39, 0.29) is 0 Å². The van der Waals surface area contributed by atoms with Crippen LogP contribution >= 0.6 is 0 Å². The van der Waals surface area contributed by atoms with Gasteiger partial charge >= 0.3 is 0 Å². The fourth-order valence-electron chi connectivity index (χ4n) is 4.20. The van der Waals surface area contributed by atoms with Crippen molar-refractivity contribution >= 4 is 11.1 Å². The van der Waals surface area contributed by atoms with Crippen molar-refractivity contribution in [2.45, 2.75) is 6.42 Å². The van der Waals surface area contributed by atoms with Crippen LogP contribution in [0, 0.1) is 0 Å². The van der Waals surface area contributed by atoms with Gasteiger partial charge in [-0.05, 0) is 57.0 Å². The van der Waals surface area contributed by atoms with Gasteiger partial charge in [-0.15, -0.1) is 0 Å². The van der Waals surface area contributed by atoms with Crippen LogP contribution in [0.1, 0.15) is 27.8 Å². The molecule has 0 nitrogen and oxygen atoms in total. The fraction of sp³-hybridized carbons (Fsp3) is 0.0345. The van der Waals surface area contributed by atoms with Gasteiger partial charge < -0.3 is 0 Å². The molecular weight excluding hydrogens is 348 g/mol. The van der Waals surface area contributed by atoms with E-state index in [2.05, 4.69) is 121 Å². The molecule has 0 N–H and O–H groups in total. The van der Waals surface area contributed by atoms with Crippen molar-refractivity contribution in [3.63, 3.8) is 0 Å². The maximum Gasteiger partial charge on any atom is -0.00130 e. The number of allylic oxidation sites excluding steroid dienone is 2. The van der Waals surface area contributed by atoms with Crippen molar-refractivity contribution in [3.05, 3.63) is 155 Å². The van der Waals surface area contributed by atoms with E-state index in [4.69, 9.17) is 0 Å². The predicted octanol–water partition coefficient (Wildman–Crippen LogP) is 7.18. The Labute approximate surface area is 172 Å². The third-order valence-electron chi connectivity index (χ3n) is 5.54. The van der Waals surface area contributed by atoms with Gasteiger partial charge in [-0.2, -0.15) is 0 Å². The van der Waals surface area contributed by atoms with Gasteiger partial charge in [0, 0.05) is 0 Å². The number of benzene rings is 4. The molecule has 0 saturated heterocycles. The summed E-state index contributed by atoms with van der Waals surface area (Å²) in [6.45, 7) is 0. The van der Waals surface area contributed by atoms with Gasteiger partial charge in [-0.25, -0.2) is 0 Å². The van der Waals surface area contributed by atoms with Crippen LogP contribution in [-0.2, 0) is 6.42 Å². The van der Waals surface area contributed by atoms with Crippen LogP contribution in [0.25, 0.3) is 11.1 Å². The molecule has 0 aliphatic heterocycles. The average molecular weight is 370 g/mol. The molecule has 5 rings (SSSR count). The third-order valence-corrected chi connectivity index (χ3v) is 5.54. The van der Waals surface area contributed by atoms with Gasteiger partial charge in [0.15, 0.2) is 0 Å². The second-order valence-corrected chi connectivity index (χ2v) is 7.39. The number of hydrogen-bond donors (Lipinski definition) is 0. The molecule has 0 atom stereocenters. The fourth-order valence-corrected chi connectivity index (χ4v) is 4.20. The van der Waals surface area contributed by atoms with Crippen molar-refractivity contribution < 1.29 is 0 Å². The first kappa shape index (κ1) is 17.5. The van der Waals surface area contributed by atoms with Crippen molar-refractivity contribution in [2.24, 2.45) is 0 Å². The average Bonchev–Trinajstić information content (AvgIpc) is 3.17. The number of rotatable bonds is 4. The predicted molar refractivity (Wildman–Crippen MR) is 123 cm³/mol. The summed E-state index contributed by atoms with van der Waals surface area (Å²) in [5.41, 5.74) is 10.5. The topological polar surface area (TPSA) is 0 Å². The molecule has 0 fully saturated rings. The zero-order valence-corrected chi connectivity index (χ0v) is 16.3. The van der Waals surface area contributed by atoms with Crippen LogP contribution in [-0.4, -0.2) is 0 Å². The number of hydrogen-bond acceptors (Lipinski definition) is 0. The summed E-state index contributed by atoms with van der Waals surface area (Å²) in [6.07, 6.45) is 3.36. The Morgan fingerprint density at radius 2 is 1.07 bits per heavy atom. The van der Waals surface area contributed by atoms with Crippen molar-refractivity contribution in [1.29, 1.82) is 0 Å². The molecule has 0 bridgehead atoms. The van der Waals surface area contributed by atoms with Crippen molar-refractivity contribution in [2.75, 3.05) is 0 Å². The highest BCUT2D eigenvalue weighted by atomic mass is 14.3. The standard InChI is InChI=1S/C29H22/c1-4-12-22(13-5-1)28(23-14-6-2-7-15-23)21-26-20-25-18-10-11-19-27(25)29(26)24-16-8-3-9-17-24/h1-19,21H,20H2. The molecule has 0 spiro atoms. The first-order valence-electron chi connectivity index (χ1n) is 10.1. The normalized spacial score (nSPS) is 12.6. The minimum atomic E-state index is 0.962. The van der Waals surface area contributed by atoms with Crippen molar-refractivity contribution in [3.8, 4) is 0 Å². The van der Waals surface area contributed by atoms with Crippen LogP contribution in [0.2, 0.25) is 0 Å². The van der Waals surface area contributed by atoms with Crippen LogP contribution in [0.3, 0.4) is 0 Å². The molecule has 0 radical (unpaired) electrons. The Hall–Kier alpha value is -3.64. The summed E-state index contributed by atoms with van der Waals surface area (Å²) in [4.78, 5) is 0. The van der Waals surface area contributed by atoms with E-state index in [1.807, 2.05) is 0 Å². The summed E-state index contributed by atoms with van der Waals surface area (Å²) in [7, 11) is 0.